The summed E-state index contributed by atoms with van der Waals surface area (Å²) in [6.45, 7) is 3.68. The van der Waals surface area contributed by atoms with Crippen LogP contribution in [0.4, 0.5) is 23.1 Å². The molecule has 40 heavy (non-hydrogen) atoms. The van der Waals surface area contributed by atoms with Gasteiger partial charge in [0.25, 0.3) is 0 Å². The number of ether oxygens (including phenoxy) is 1. The molecule has 6 fully saturated rings. The van der Waals surface area contributed by atoms with Crippen molar-refractivity contribution in [3.8, 4) is 0 Å². The van der Waals surface area contributed by atoms with Crippen molar-refractivity contribution in [3.05, 3.63) is 36.0 Å². The first-order valence-electron chi connectivity index (χ1n) is 14.8. The zero-order valence-electron chi connectivity index (χ0n) is 23.1. The fraction of sp³-hybridized carbons (Fsp3) is 0.600. The molecule has 1 aromatic heterocycles. The molecule has 10 nitrogen and oxygen atoms in total. The second-order valence-electron chi connectivity index (χ2n) is 12.8. The van der Waals surface area contributed by atoms with E-state index in [9.17, 15) is 9.59 Å². The molecule has 2 aromatic rings. The predicted octanol–water partition coefficient (Wildman–Crippen LogP) is 3.10. The molecule has 212 valence electrons. The smallest absolute Gasteiger partial charge is 0.248 e. The number of amides is 2. The van der Waals surface area contributed by atoms with Crippen molar-refractivity contribution < 1.29 is 14.3 Å². The van der Waals surface area contributed by atoms with Gasteiger partial charge >= 0.3 is 0 Å². The van der Waals surface area contributed by atoms with Gasteiger partial charge in [0.15, 0.2) is 6.10 Å². The summed E-state index contributed by atoms with van der Waals surface area (Å²) in [4.78, 5) is 36.3. The van der Waals surface area contributed by atoms with Crippen LogP contribution in [0.15, 0.2) is 30.5 Å². The van der Waals surface area contributed by atoms with Gasteiger partial charge in [0.1, 0.15) is 5.82 Å². The highest BCUT2D eigenvalue weighted by Gasteiger charge is 2.58. The summed E-state index contributed by atoms with van der Waals surface area (Å²) in [6, 6.07) is 8.78. The van der Waals surface area contributed by atoms with Crippen molar-refractivity contribution in [1.82, 2.24) is 15.3 Å². The number of anilines is 4. The largest absolute Gasteiger partial charge is 0.367 e. The van der Waals surface area contributed by atoms with Gasteiger partial charge in [0, 0.05) is 41.8 Å². The topological polar surface area (TPSA) is 134 Å². The Hall–Kier alpha value is -3.40. The van der Waals surface area contributed by atoms with E-state index in [4.69, 9.17) is 15.5 Å². The number of primary amides is 1. The van der Waals surface area contributed by atoms with Crippen LogP contribution in [0.2, 0.25) is 0 Å². The van der Waals surface area contributed by atoms with Gasteiger partial charge in [-0.15, -0.1) is 0 Å². The molecule has 6 aliphatic rings. The van der Waals surface area contributed by atoms with Gasteiger partial charge in [-0.2, -0.15) is 4.98 Å². The van der Waals surface area contributed by atoms with Gasteiger partial charge in [-0.3, -0.25) is 9.59 Å². The van der Waals surface area contributed by atoms with Gasteiger partial charge in [-0.25, -0.2) is 4.98 Å². The minimum atomic E-state index is -0.585. The Morgan fingerprint density at radius 3 is 2.55 bits per heavy atom. The number of carbonyl (C=O) groups is 2. The zero-order chi connectivity index (χ0) is 27.4. The third-order valence-electron chi connectivity index (χ3n) is 9.81. The summed E-state index contributed by atoms with van der Waals surface area (Å²) in [5.74, 6) is 2.99. The highest BCUT2D eigenvalue weighted by Crippen LogP contribution is 2.60. The molecule has 2 heterocycles. The number of aryl methyl sites for hydroxylation is 1. The molecule has 1 aliphatic heterocycles. The number of hydrogen-bond acceptors (Lipinski definition) is 8. The first-order valence-corrected chi connectivity index (χ1v) is 14.8. The number of nitrogens with one attached hydrogen (secondary N) is 3. The summed E-state index contributed by atoms with van der Waals surface area (Å²) in [7, 11) is 0. The number of nitrogens with zero attached hydrogens (tertiary/aromatic N) is 3. The van der Waals surface area contributed by atoms with Gasteiger partial charge in [-0.1, -0.05) is 0 Å². The fourth-order valence-electron chi connectivity index (χ4n) is 7.85. The van der Waals surface area contributed by atoms with Crippen LogP contribution in [0.1, 0.15) is 50.5 Å². The van der Waals surface area contributed by atoms with Crippen molar-refractivity contribution >= 4 is 35.0 Å². The molecular weight excluding hydrogens is 506 g/mol. The summed E-state index contributed by atoms with van der Waals surface area (Å²) in [5, 5.41) is 10.5. The molecule has 3 atom stereocenters. The van der Waals surface area contributed by atoms with E-state index in [-0.39, 0.29) is 5.41 Å². The van der Waals surface area contributed by atoms with E-state index in [2.05, 4.69) is 25.8 Å². The van der Waals surface area contributed by atoms with Crippen molar-refractivity contribution in [2.24, 2.45) is 28.9 Å². The van der Waals surface area contributed by atoms with Crippen LogP contribution >= 0.6 is 0 Å². The number of aromatic nitrogens is 2. The molecular formula is C30H39N7O3. The normalized spacial score (nSPS) is 32.5. The van der Waals surface area contributed by atoms with E-state index in [1.807, 2.05) is 37.4 Å². The maximum absolute atomic E-state index is 13.2. The minimum absolute atomic E-state index is 0.154. The monoisotopic (exact) mass is 545 g/mol. The summed E-state index contributed by atoms with van der Waals surface area (Å²) in [5.41, 5.74) is 8.20. The lowest BCUT2D eigenvalue weighted by Crippen LogP contribution is -2.60. The van der Waals surface area contributed by atoms with Crippen LogP contribution < -0.4 is 26.6 Å². The van der Waals surface area contributed by atoms with Gasteiger partial charge in [0.2, 0.25) is 17.8 Å². The van der Waals surface area contributed by atoms with Crippen LogP contribution in [-0.4, -0.2) is 59.7 Å². The quantitative estimate of drug-likeness (QED) is 0.398. The second kappa shape index (κ2) is 9.90. The number of nitrogens with two attached hydrogens (primary N) is 1. The maximum atomic E-state index is 13.2. The van der Waals surface area contributed by atoms with Crippen LogP contribution in [-0.2, 0) is 14.3 Å². The SMILES string of the molecule is Cc1cnc(Nc2ccc(N3CCOC(C(N)=O)C3)cc2)nc1NC1C2CC3CC1CC(C(=O)NC1CC1)(C3)C2. The fourth-order valence-corrected chi connectivity index (χ4v) is 7.85. The number of benzene rings is 1. The average Bonchev–Trinajstić information content (AvgIpc) is 3.76. The Morgan fingerprint density at radius 1 is 1.10 bits per heavy atom. The molecule has 0 spiro atoms. The Balaban J connectivity index is 1.02. The summed E-state index contributed by atoms with van der Waals surface area (Å²) in [6.07, 6.45) is 9.02. The van der Waals surface area contributed by atoms with E-state index < -0.39 is 12.0 Å². The molecule has 5 N–H and O–H groups in total. The molecule has 5 aliphatic carbocycles. The third kappa shape index (κ3) is 4.87. The lowest BCUT2D eigenvalue weighted by Gasteiger charge is -2.59. The van der Waals surface area contributed by atoms with Crippen molar-refractivity contribution in [1.29, 1.82) is 0 Å². The number of morpholine rings is 1. The van der Waals surface area contributed by atoms with Crippen LogP contribution in [0, 0.1) is 30.1 Å². The molecule has 10 heteroatoms. The number of rotatable bonds is 8. The molecule has 8 rings (SSSR count). The highest BCUT2D eigenvalue weighted by molar-refractivity contribution is 5.84. The Kier molecular flexibility index (Phi) is 6.33. The van der Waals surface area contributed by atoms with E-state index in [0.29, 0.717) is 61.4 Å². The van der Waals surface area contributed by atoms with Crippen molar-refractivity contribution in [3.63, 3.8) is 0 Å². The molecule has 2 amide bonds. The van der Waals surface area contributed by atoms with E-state index in [1.54, 1.807) is 0 Å². The first kappa shape index (κ1) is 25.6. The van der Waals surface area contributed by atoms with Crippen LogP contribution in [0.5, 0.6) is 0 Å². The number of hydrogen-bond donors (Lipinski definition) is 4. The Bertz CT molecular complexity index is 1280. The molecule has 1 aromatic carbocycles. The highest BCUT2D eigenvalue weighted by atomic mass is 16.5. The Labute approximate surface area is 234 Å². The molecule has 3 unspecified atom stereocenters. The van der Waals surface area contributed by atoms with E-state index >= 15 is 0 Å². The van der Waals surface area contributed by atoms with Gasteiger partial charge in [-0.05, 0) is 93.9 Å². The Morgan fingerprint density at radius 2 is 1.85 bits per heavy atom. The van der Waals surface area contributed by atoms with Crippen LogP contribution in [0.3, 0.4) is 0 Å². The minimum Gasteiger partial charge on any atom is -0.367 e. The summed E-state index contributed by atoms with van der Waals surface area (Å²) < 4.78 is 5.46. The standard InChI is InChI=1S/C30H39N7O3/c1-17-15-32-29(34-22-4-6-23(7-5-22)37-8-9-40-24(16-37)26(31)38)36-27(17)35-25-19-10-18-11-20(25)14-30(12-18,13-19)28(39)33-21-2-3-21/h4-7,15,18-21,24-25H,2-3,8-14,16H2,1H3,(H2,31,38)(H,33,39)(H2,32,34,35,36). The second-order valence-corrected chi connectivity index (χ2v) is 12.8. The first-order chi connectivity index (χ1) is 19.3. The molecule has 5 saturated carbocycles. The maximum Gasteiger partial charge on any atom is 0.248 e. The van der Waals surface area contributed by atoms with Crippen molar-refractivity contribution in [2.75, 3.05) is 35.2 Å². The molecule has 0 radical (unpaired) electrons. The summed E-state index contributed by atoms with van der Waals surface area (Å²) >= 11 is 0. The lowest BCUT2D eigenvalue weighted by molar-refractivity contribution is -0.147. The molecule has 1 saturated heterocycles. The molecule has 4 bridgehead atoms. The van der Waals surface area contributed by atoms with Crippen molar-refractivity contribution in [2.45, 2.75) is 70.1 Å². The average molecular weight is 546 g/mol. The lowest BCUT2D eigenvalue weighted by atomic mass is 9.47. The van der Waals surface area contributed by atoms with Crippen LogP contribution in [0.25, 0.3) is 0 Å². The van der Waals surface area contributed by atoms with E-state index in [0.717, 1.165) is 54.9 Å². The number of carbonyl (C=O) groups excluding carboxylic acids is 2. The third-order valence-corrected chi connectivity index (χ3v) is 9.81. The van der Waals surface area contributed by atoms with Gasteiger partial charge < -0.3 is 31.3 Å². The van der Waals surface area contributed by atoms with Gasteiger partial charge in [0.05, 0.1) is 18.6 Å². The predicted molar refractivity (Wildman–Crippen MR) is 152 cm³/mol. The van der Waals surface area contributed by atoms with E-state index in [1.165, 1.54) is 12.8 Å². The zero-order valence-corrected chi connectivity index (χ0v) is 23.1.